The van der Waals surface area contributed by atoms with Crippen LogP contribution in [-0.4, -0.2) is 30.9 Å². The van der Waals surface area contributed by atoms with Crippen LogP contribution in [0.5, 0.6) is 0 Å². The molecule has 0 heterocycles. The first-order chi connectivity index (χ1) is 9.93. The highest BCUT2D eigenvalue weighted by molar-refractivity contribution is 5.96. The summed E-state index contributed by atoms with van der Waals surface area (Å²) in [7, 11) is 0. The second kappa shape index (κ2) is 7.83. The van der Waals surface area contributed by atoms with Gasteiger partial charge in [-0.1, -0.05) is 6.92 Å². The van der Waals surface area contributed by atoms with E-state index in [1.807, 2.05) is 6.92 Å². The number of imide groups is 1. The number of carbonyl (C=O) groups excluding carboxylic acids is 3. The van der Waals surface area contributed by atoms with Gasteiger partial charge in [0.05, 0.1) is 12.1 Å². The third-order valence-electron chi connectivity index (χ3n) is 2.48. The van der Waals surface area contributed by atoms with Crippen molar-refractivity contribution in [2.45, 2.75) is 13.3 Å². The number of carbonyl (C=O) groups is 3. The summed E-state index contributed by atoms with van der Waals surface area (Å²) in [6, 6.07) is 3.09. The van der Waals surface area contributed by atoms with Crippen molar-refractivity contribution in [2.75, 3.05) is 18.4 Å². The largest absolute Gasteiger partial charge is 0.376 e. The molecule has 0 saturated carbocycles. The molecule has 0 unspecified atom stereocenters. The van der Waals surface area contributed by atoms with Gasteiger partial charge in [-0.05, 0) is 24.6 Å². The molecule has 0 aliphatic rings. The molecular formula is C13H17FN4O3. The average molecular weight is 296 g/mol. The van der Waals surface area contributed by atoms with Crippen LogP contribution >= 0.6 is 0 Å². The van der Waals surface area contributed by atoms with Crippen molar-refractivity contribution in [1.82, 2.24) is 10.6 Å². The molecule has 0 fully saturated rings. The fourth-order valence-corrected chi connectivity index (χ4v) is 1.46. The maximum Gasteiger partial charge on any atom is 0.321 e. The van der Waals surface area contributed by atoms with Crippen LogP contribution in [0.25, 0.3) is 0 Å². The Morgan fingerprint density at radius 2 is 2.00 bits per heavy atom. The summed E-state index contributed by atoms with van der Waals surface area (Å²) in [5.74, 6) is -2.22. The number of primary amides is 1. The molecule has 21 heavy (non-hydrogen) atoms. The van der Waals surface area contributed by atoms with Crippen LogP contribution in [0.4, 0.5) is 14.9 Å². The molecule has 0 aliphatic carbocycles. The van der Waals surface area contributed by atoms with Crippen LogP contribution in [0.15, 0.2) is 18.2 Å². The van der Waals surface area contributed by atoms with Crippen LogP contribution < -0.4 is 21.7 Å². The van der Waals surface area contributed by atoms with Gasteiger partial charge in [0.1, 0.15) is 5.82 Å². The number of hydrogen-bond acceptors (Lipinski definition) is 4. The van der Waals surface area contributed by atoms with Gasteiger partial charge >= 0.3 is 6.03 Å². The quantitative estimate of drug-likeness (QED) is 0.614. The SMILES string of the molecule is CCCNC(=O)NC(=O)CNc1ccc(C(N)=O)c(F)c1. The third kappa shape index (κ3) is 5.47. The number of hydrogen-bond donors (Lipinski definition) is 4. The fourth-order valence-electron chi connectivity index (χ4n) is 1.46. The predicted molar refractivity (Wildman–Crippen MR) is 75.2 cm³/mol. The average Bonchev–Trinajstić information content (AvgIpc) is 2.42. The lowest BCUT2D eigenvalue weighted by molar-refractivity contribution is -0.118. The van der Waals surface area contributed by atoms with Crippen molar-refractivity contribution in [3.05, 3.63) is 29.6 Å². The Hall–Kier alpha value is -2.64. The Kier molecular flexibility index (Phi) is 6.12. The Balaban J connectivity index is 2.48. The molecule has 1 rings (SSSR count). The van der Waals surface area contributed by atoms with Crippen LogP contribution in [0.2, 0.25) is 0 Å². The summed E-state index contributed by atoms with van der Waals surface area (Å²) in [4.78, 5) is 33.5. The molecule has 0 radical (unpaired) electrons. The van der Waals surface area contributed by atoms with E-state index in [-0.39, 0.29) is 12.1 Å². The van der Waals surface area contributed by atoms with E-state index in [1.165, 1.54) is 12.1 Å². The Bertz CT molecular complexity index is 548. The zero-order chi connectivity index (χ0) is 15.8. The predicted octanol–water partition coefficient (Wildman–Crippen LogP) is 0.572. The zero-order valence-corrected chi connectivity index (χ0v) is 11.5. The smallest absolute Gasteiger partial charge is 0.321 e. The van der Waals surface area contributed by atoms with Gasteiger partial charge in [0, 0.05) is 12.2 Å². The number of amides is 4. The van der Waals surface area contributed by atoms with Crippen molar-refractivity contribution < 1.29 is 18.8 Å². The molecule has 114 valence electrons. The van der Waals surface area contributed by atoms with Gasteiger partial charge in [0.2, 0.25) is 5.91 Å². The second-order valence-electron chi connectivity index (χ2n) is 4.22. The number of benzene rings is 1. The zero-order valence-electron chi connectivity index (χ0n) is 11.5. The van der Waals surface area contributed by atoms with Crippen molar-refractivity contribution in [1.29, 1.82) is 0 Å². The molecule has 0 bridgehead atoms. The summed E-state index contributed by atoms with van der Waals surface area (Å²) in [5, 5.41) is 7.22. The Morgan fingerprint density at radius 3 is 2.57 bits per heavy atom. The van der Waals surface area contributed by atoms with E-state index in [1.54, 1.807) is 0 Å². The third-order valence-corrected chi connectivity index (χ3v) is 2.48. The lowest BCUT2D eigenvalue weighted by Crippen LogP contribution is -2.42. The normalized spacial score (nSPS) is 9.81. The number of nitrogens with two attached hydrogens (primary N) is 1. The van der Waals surface area contributed by atoms with E-state index in [9.17, 15) is 18.8 Å². The Labute approximate surface area is 121 Å². The molecule has 7 nitrogen and oxygen atoms in total. The molecular weight excluding hydrogens is 279 g/mol. The highest BCUT2D eigenvalue weighted by Crippen LogP contribution is 2.13. The Morgan fingerprint density at radius 1 is 1.29 bits per heavy atom. The summed E-state index contributed by atoms with van der Waals surface area (Å²) < 4.78 is 13.5. The van der Waals surface area contributed by atoms with Crippen molar-refractivity contribution in [3.63, 3.8) is 0 Å². The standard InChI is InChI=1S/C13H17FN4O3/c1-2-5-16-13(21)18-11(19)7-17-8-3-4-9(12(15)20)10(14)6-8/h3-4,6,17H,2,5,7H2,1H3,(H2,15,20)(H2,16,18,19,21). The van der Waals surface area contributed by atoms with Gasteiger partial charge in [-0.25, -0.2) is 9.18 Å². The second-order valence-corrected chi connectivity index (χ2v) is 4.22. The molecule has 0 aromatic heterocycles. The van der Waals surface area contributed by atoms with Crippen LogP contribution in [0, 0.1) is 5.82 Å². The van der Waals surface area contributed by atoms with Gasteiger partial charge < -0.3 is 16.4 Å². The van der Waals surface area contributed by atoms with E-state index in [4.69, 9.17) is 5.73 Å². The van der Waals surface area contributed by atoms with Gasteiger partial charge in [0.25, 0.3) is 5.91 Å². The van der Waals surface area contributed by atoms with E-state index in [2.05, 4.69) is 16.0 Å². The molecule has 1 aromatic carbocycles. The van der Waals surface area contributed by atoms with E-state index in [0.717, 1.165) is 12.5 Å². The minimum absolute atomic E-state index is 0.213. The molecule has 0 spiro atoms. The van der Waals surface area contributed by atoms with Crippen molar-refractivity contribution in [2.24, 2.45) is 5.73 Å². The molecule has 0 aliphatic heterocycles. The number of nitrogens with one attached hydrogen (secondary N) is 3. The number of rotatable bonds is 6. The first-order valence-corrected chi connectivity index (χ1v) is 6.35. The molecule has 1 aromatic rings. The molecule has 5 N–H and O–H groups in total. The lowest BCUT2D eigenvalue weighted by atomic mass is 10.2. The molecule has 4 amide bonds. The van der Waals surface area contributed by atoms with Crippen LogP contribution in [-0.2, 0) is 4.79 Å². The highest BCUT2D eigenvalue weighted by Gasteiger charge is 2.10. The lowest BCUT2D eigenvalue weighted by Gasteiger charge is -2.08. The van der Waals surface area contributed by atoms with Gasteiger partial charge in [-0.15, -0.1) is 0 Å². The first-order valence-electron chi connectivity index (χ1n) is 6.35. The van der Waals surface area contributed by atoms with Gasteiger partial charge in [0.15, 0.2) is 0 Å². The maximum atomic E-state index is 13.5. The molecule has 8 heteroatoms. The summed E-state index contributed by atoms with van der Waals surface area (Å²) in [6.07, 6.45) is 0.755. The monoisotopic (exact) mass is 296 g/mol. The van der Waals surface area contributed by atoms with Gasteiger partial charge in [-0.2, -0.15) is 0 Å². The van der Waals surface area contributed by atoms with Crippen molar-refractivity contribution in [3.8, 4) is 0 Å². The minimum Gasteiger partial charge on any atom is -0.376 e. The minimum atomic E-state index is -0.871. The molecule has 0 saturated heterocycles. The summed E-state index contributed by atoms with van der Waals surface area (Å²) in [6.45, 7) is 2.13. The van der Waals surface area contributed by atoms with E-state index in [0.29, 0.717) is 12.2 Å². The van der Waals surface area contributed by atoms with Gasteiger partial charge in [-0.3, -0.25) is 14.9 Å². The van der Waals surface area contributed by atoms with Crippen LogP contribution in [0.1, 0.15) is 23.7 Å². The van der Waals surface area contributed by atoms with E-state index >= 15 is 0 Å². The summed E-state index contributed by atoms with van der Waals surface area (Å²) >= 11 is 0. The summed E-state index contributed by atoms with van der Waals surface area (Å²) in [5.41, 5.74) is 5.03. The number of halogens is 1. The molecule has 0 atom stereocenters. The maximum absolute atomic E-state index is 13.5. The number of anilines is 1. The fraction of sp³-hybridized carbons (Fsp3) is 0.308. The van der Waals surface area contributed by atoms with Crippen LogP contribution in [0.3, 0.4) is 0 Å². The van der Waals surface area contributed by atoms with Crippen molar-refractivity contribution >= 4 is 23.5 Å². The first kappa shape index (κ1) is 16.4. The van der Waals surface area contributed by atoms with E-state index < -0.39 is 23.7 Å². The topological polar surface area (TPSA) is 113 Å². The number of urea groups is 1. The highest BCUT2D eigenvalue weighted by atomic mass is 19.1.